The molecule has 1 N–H and O–H groups in total. The van der Waals surface area contributed by atoms with E-state index in [0.29, 0.717) is 5.92 Å². The molecule has 1 nitrogen and oxygen atoms in total. The van der Waals surface area contributed by atoms with Gasteiger partial charge in [-0.25, -0.2) is 0 Å². The van der Waals surface area contributed by atoms with Gasteiger partial charge in [-0.1, -0.05) is 18.6 Å². The SMILES string of the molecule is CC(NSC(F)(F)F)C1(C)C=C2CCCC(C2)C1. The molecule has 2 bridgehead atoms. The number of rotatable bonds is 3. The molecule has 0 radical (unpaired) electrons. The van der Waals surface area contributed by atoms with Crippen LogP contribution in [0.3, 0.4) is 0 Å². The third-order valence-electron chi connectivity index (χ3n) is 4.26. The first-order valence-corrected chi connectivity index (χ1v) is 7.31. The second-order valence-corrected chi connectivity index (χ2v) is 6.76. The van der Waals surface area contributed by atoms with Gasteiger partial charge in [0, 0.05) is 23.4 Å². The molecule has 2 aliphatic rings. The van der Waals surface area contributed by atoms with Crippen molar-refractivity contribution < 1.29 is 13.2 Å². The van der Waals surface area contributed by atoms with Gasteiger partial charge in [0.05, 0.1) is 0 Å². The summed E-state index contributed by atoms with van der Waals surface area (Å²) in [5, 5.41) is 0. The summed E-state index contributed by atoms with van der Waals surface area (Å²) < 4.78 is 39.2. The number of halogens is 3. The Morgan fingerprint density at radius 1 is 1.50 bits per heavy atom. The zero-order valence-corrected chi connectivity index (χ0v) is 11.6. The van der Waals surface area contributed by atoms with Gasteiger partial charge in [0.25, 0.3) is 0 Å². The van der Waals surface area contributed by atoms with Crippen molar-refractivity contribution in [3.05, 3.63) is 11.6 Å². The summed E-state index contributed by atoms with van der Waals surface area (Å²) in [4.78, 5) is 0. The molecule has 3 unspecified atom stereocenters. The van der Waals surface area contributed by atoms with Crippen LogP contribution in [0.15, 0.2) is 11.6 Å². The minimum Gasteiger partial charge on any atom is -0.253 e. The van der Waals surface area contributed by atoms with Gasteiger partial charge in [-0.05, 0) is 44.9 Å². The van der Waals surface area contributed by atoms with Crippen molar-refractivity contribution in [1.82, 2.24) is 4.72 Å². The highest BCUT2D eigenvalue weighted by Crippen LogP contribution is 2.46. The van der Waals surface area contributed by atoms with E-state index in [1.54, 1.807) is 0 Å². The minimum atomic E-state index is -4.21. The predicted molar refractivity (Wildman–Crippen MR) is 69.0 cm³/mol. The molecule has 0 aromatic carbocycles. The second kappa shape index (κ2) is 5.08. The van der Waals surface area contributed by atoms with Crippen molar-refractivity contribution in [3.63, 3.8) is 0 Å². The van der Waals surface area contributed by atoms with Crippen LogP contribution < -0.4 is 4.72 Å². The van der Waals surface area contributed by atoms with E-state index >= 15 is 0 Å². The summed E-state index contributed by atoms with van der Waals surface area (Å²) in [7, 11) is 0. The highest BCUT2D eigenvalue weighted by molar-refractivity contribution is 7.98. The van der Waals surface area contributed by atoms with E-state index in [9.17, 15) is 13.2 Å². The topological polar surface area (TPSA) is 12.0 Å². The van der Waals surface area contributed by atoms with Gasteiger partial charge >= 0.3 is 5.51 Å². The van der Waals surface area contributed by atoms with Crippen molar-refractivity contribution in [1.29, 1.82) is 0 Å². The van der Waals surface area contributed by atoms with Crippen LogP contribution in [-0.2, 0) is 0 Å². The molecule has 1 fully saturated rings. The van der Waals surface area contributed by atoms with Gasteiger partial charge in [0.15, 0.2) is 0 Å². The maximum absolute atomic E-state index is 12.2. The number of alkyl halides is 3. The average molecular weight is 279 g/mol. The molecule has 0 aromatic rings. The van der Waals surface area contributed by atoms with Crippen LogP contribution >= 0.6 is 11.9 Å². The lowest BCUT2D eigenvalue weighted by molar-refractivity contribution is -0.0340. The third-order valence-corrected chi connectivity index (χ3v) is 4.97. The standard InChI is InChI=1S/C13H20F3NS/c1-9(17-18-13(14,15)16)12(2)7-10-4-3-5-11(6-10)8-12/h7,9,11,17H,3-6,8H2,1-2H3. The van der Waals surface area contributed by atoms with Crippen molar-refractivity contribution in [2.24, 2.45) is 11.3 Å². The van der Waals surface area contributed by atoms with Crippen molar-refractivity contribution in [2.75, 3.05) is 0 Å². The van der Waals surface area contributed by atoms with Crippen molar-refractivity contribution >= 4 is 11.9 Å². The molecule has 2 rings (SSSR count). The van der Waals surface area contributed by atoms with Crippen LogP contribution in [-0.4, -0.2) is 11.6 Å². The molecule has 0 amide bonds. The number of hydrogen-bond acceptors (Lipinski definition) is 2. The molecule has 5 heteroatoms. The quantitative estimate of drug-likeness (QED) is 0.595. The summed E-state index contributed by atoms with van der Waals surface area (Å²) >= 11 is -0.117. The van der Waals surface area contributed by atoms with Crippen LogP contribution in [0.5, 0.6) is 0 Å². The van der Waals surface area contributed by atoms with Gasteiger partial charge < -0.3 is 0 Å². The third kappa shape index (κ3) is 3.44. The van der Waals surface area contributed by atoms with E-state index < -0.39 is 5.51 Å². The van der Waals surface area contributed by atoms with Gasteiger partial charge in [0.2, 0.25) is 0 Å². The fourth-order valence-corrected chi connectivity index (χ4v) is 3.82. The van der Waals surface area contributed by atoms with E-state index in [-0.39, 0.29) is 23.4 Å². The highest BCUT2D eigenvalue weighted by atomic mass is 32.2. The number of fused-ring (bicyclic) bond motifs is 2. The van der Waals surface area contributed by atoms with Crippen LogP contribution in [0, 0.1) is 11.3 Å². The summed E-state index contributed by atoms with van der Waals surface area (Å²) in [6.45, 7) is 3.94. The molecule has 0 spiro atoms. The molecule has 0 heterocycles. The first-order chi connectivity index (χ1) is 8.28. The van der Waals surface area contributed by atoms with Gasteiger partial charge in [0.1, 0.15) is 0 Å². The lowest BCUT2D eigenvalue weighted by atomic mass is 9.65. The lowest BCUT2D eigenvalue weighted by Gasteiger charge is -2.43. The maximum Gasteiger partial charge on any atom is 0.456 e. The molecule has 3 atom stereocenters. The van der Waals surface area contributed by atoms with Crippen LogP contribution in [0.25, 0.3) is 0 Å². The van der Waals surface area contributed by atoms with Gasteiger partial charge in [-0.2, -0.15) is 13.2 Å². The van der Waals surface area contributed by atoms with E-state index in [0.717, 1.165) is 19.3 Å². The van der Waals surface area contributed by atoms with Crippen LogP contribution in [0.2, 0.25) is 0 Å². The monoisotopic (exact) mass is 279 g/mol. The Labute approximate surface area is 111 Å². The fraction of sp³-hybridized carbons (Fsp3) is 0.846. The largest absolute Gasteiger partial charge is 0.456 e. The normalized spacial score (nSPS) is 34.1. The summed E-state index contributed by atoms with van der Waals surface area (Å²) in [6, 6.07) is -0.167. The Bertz CT molecular complexity index is 340. The number of hydrogen-bond donors (Lipinski definition) is 1. The molecule has 0 saturated heterocycles. The van der Waals surface area contributed by atoms with Gasteiger partial charge in [-0.15, -0.1) is 0 Å². The van der Waals surface area contributed by atoms with Gasteiger partial charge in [-0.3, -0.25) is 4.72 Å². The number of nitrogens with one attached hydrogen (secondary N) is 1. The maximum atomic E-state index is 12.2. The Morgan fingerprint density at radius 3 is 2.83 bits per heavy atom. The van der Waals surface area contributed by atoms with Crippen molar-refractivity contribution in [2.45, 2.75) is 57.5 Å². The minimum absolute atomic E-state index is 0.117. The predicted octanol–water partition coefficient (Wildman–Crippen LogP) is 4.66. The molecular weight excluding hydrogens is 259 g/mol. The molecular formula is C13H20F3NS. The van der Waals surface area contributed by atoms with E-state index in [1.165, 1.54) is 18.4 Å². The first-order valence-electron chi connectivity index (χ1n) is 6.49. The van der Waals surface area contributed by atoms with Crippen LogP contribution in [0.1, 0.15) is 46.0 Å². The zero-order valence-electron chi connectivity index (χ0n) is 10.8. The summed E-state index contributed by atoms with van der Waals surface area (Å²) in [5.74, 6) is 0.670. The molecule has 2 aliphatic carbocycles. The highest BCUT2D eigenvalue weighted by Gasteiger charge is 2.39. The Morgan fingerprint density at radius 2 is 2.22 bits per heavy atom. The molecule has 1 saturated carbocycles. The van der Waals surface area contributed by atoms with Crippen molar-refractivity contribution in [3.8, 4) is 0 Å². The number of allylic oxidation sites excluding steroid dienone is 1. The molecule has 18 heavy (non-hydrogen) atoms. The second-order valence-electron chi connectivity index (χ2n) is 5.86. The zero-order chi connectivity index (χ0) is 13.4. The molecule has 0 aliphatic heterocycles. The Kier molecular flexibility index (Phi) is 4.02. The first kappa shape index (κ1) is 14.3. The summed E-state index contributed by atoms with van der Waals surface area (Å²) in [5.41, 5.74) is -2.90. The fourth-order valence-electron chi connectivity index (χ4n) is 3.24. The Hall–Kier alpha value is -0.160. The lowest BCUT2D eigenvalue weighted by Crippen LogP contribution is -2.42. The average Bonchev–Trinajstić information content (AvgIpc) is 2.24. The van der Waals surface area contributed by atoms with E-state index in [2.05, 4.69) is 17.7 Å². The Balaban J connectivity index is 2.02. The van der Waals surface area contributed by atoms with E-state index in [4.69, 9.17) is 0 Å². The van der Waals surface area contributed by atoms with Crippen LogP contribution in [0.4, 0.5) is 13.2 Å². The summed E-state index contributed by atoms with van der Waals surface area (Å²) in [6.07, 6.45) is 8.00. The molecule has 104 valence electrons. The van der Waals surface area contributed by atoms with E-state index in [1.807, 2.05) is 6.92 Å². The smallest absolute Gasteiger partial charge is 0.253 e. The molecule has 0 aromatic heterocycles.